The lowest BCUT2D eigenvalue weighted by molar-refractivity contribution is -0.118. The molecule has 1 atom stereocenters. The van der Waals surface area contributed by atoms with Crippen molar-refractivity contribution in [3.05, 3.63) is 65.5 Å². The van der Waals surface area contributed by atoms with Crippen LogP contribution < -0.4 is 4.90 Å². The summed E-state index contributed by atoms with van der Waals surface area (Å²) in [6.45, 7) is 2.77. The Labute approximate surface area is 141 Å². The fraction of sp³-hybridized carbons (Fsp3) is 0.300. The monoisotopic (exact) mass is 325 g/mol. The molecule has 0 N–H and O–H groups in total. The van der Waals surface area contributed by atoms with Crippen molar-refractivity contribution in [1.82, 2.24) is 0 Å². The molecule has 0 radical (unpaired) electrons. The van der Waals surface area contributed by atoms with Crippen molar-refractivity contribution in [3.8, 4) is 0 Å². The lowest BCUT2D eigenvalue weighted by Gasteiger charge is -2.33. The lowest BCUT2D eigenvalue weighted by atomic mass is 9.93. The number of halogens is 1. The molecule has 0 spiro atoms. The first-order chi connectivity index (χ1) is 11.6. The van der Waals surface area contributed by atoms with Gasteiger partial charge in [0.2, 0.25) is 5.91 Å². The maximum Gasteiger partial charge on any atom is 0.227 e. The SMILES string of the molecule is CC1Cc2ccccc2N(C(=O)CCC(=O)c2ccccc2F)C1. The van der Waals surface area contributed by atoms with Crippen LogP contribution in [0, 0.1) is 11.7 Å². The number of hydrogen-bond donors (Lipinski definition) is 0. The topological polar surface area (TPSA) is 37.4 Å². The Morgan fingerprint density at radius 3 is 2.58 bits per heavy atom. The van der Waals surface area contributed by atoms with E-state index < -0.39 is 5.82 Å². The first kappa shape index (κ1) is 16.4. The minimum absolute atomic E-state index is 0.0206. The fourth-order valence-electron chi connectivity index (χ4n) is 3.21. The van der Waals surface area contributed by atoms with Gasteiger partial charge in [-0.3, -0.25) is 9.59 Å². The molecule has 1 heterocycles. The van der Waals surface area contributed by atoms with Crippen molar-refractivity contribution < 1.29 is 14.0 Å². The van der Waals surface area contributed by atoms with Crippen molar-refractivity contribution in [3.63, 3.8) is 0 Å². The fourth-order valence-corrected chi connectivity index (χ4v) is 3.21. The average molecular weight is 325 g/mol. The van der Waals surface area contributed by atoms with Crippen LogP contribution in [0.25, 0.3) is 0 Å². The van der Waals surface area contributed by atoms with Gasteiger partial charge in [-0.25, -0.2) is 4.39 Å². The predicted molar refractivity (Wildman–Crippen MR) is 91.6 cm³/mol. The van der Waals surface area contributed by atoms with E-state index in [1.165, 1.54) is 12.1 Å². The minimum atomic E-state index is -0.535. The van der Waals surface area contributed by atoms with E-state index in [1.807, 2.05) is 24.3 Å². The van der Waals surface area contributed by atoms with Gasteiger partial charge in [0, 0.05) is 25.1 Å². The Bertz CT molecular complexity index is 772. The second-order valence-electron chi connectivity index (χ2n) is 6.35. The first-order valence-electron chi connectivity index (χ1n) is 8.22. The highest BCUT2D eigenvalue weighted by molar-refractivity contribution is 6.01. The first-order valence-corrected chi connectivity index (χ1v) is 8.22. The van der Waals surface area contributed by atoms with Crippen LogP contribution in [-0.2, 0) is 11.2 Å². The number of rotatable bonds is 4. The van der Waals surface area contributed by atoms with Crippen molar-refractivity contribution in [2.45, 2.75) is 26.2 Å². The van der Waals surface area contributed by atoms with E-state index in [0.29, 0.717) is 12.5 Å². The molecule has 0 saturated heterocycles. The molecule has 1 amide bonds. The van der Waals surface area contributed by atoms with E-state index >= 15 is 0 Å². The molecule has 0 aromatic heterocycles. The number of nitrogens with zero attached hydrogens (tertiary/aromatic N) is 1. The van der Waals surface area contributed by atoms with Crippen LogP contribution in [0.4, 0.5) is 10.1 Å². The predicted octanol–water partition coefficient (Wildman–Crippen LogP) is 4.01. The molecule has 3 nitrogen and oxygen atoms in total. The third-order valence-electron chi connectivity index (χ3n) is 4.39. The van der Waals surface area contributed by atoms with E-state index in [4.69, 9.17) is 0 Å². The summed E-state index contributed by atoms with van der Waals surface area (Å²) in [5.41, 5.74) is 2.14. The van der Waals surface area contributed by atoms with Gasteiger partial charge in [-0.2, -0.15) is 0 Å². The van der Waals surface area contributed by atoms with Gasteiger partial charge in [0.05, 0.1) is 5.56 Å². The molecule has 0 aliphatic carbocycles. The zero-order valence-corrected chi connectivity index (χ0v) is 13.7. The number of anilines is 1. The van der Waals surface area contributed by atoms with Gasteiger partial charge in [-0.1, -0.05) is 37.3 Å². The summed E-state index contributed by atoms with van der Waals surface area (Å²) in [6.07, 6.45) is 1.06. The highest BCUT2D eigenvalue weighted by Gasteiger charge is 2.26. The molecule has 124 valence electrons. The molecule has 24 heavy (non-hydrogen) atoms. The highest BCUT2D eigenvalue weighted by Crippen LogP contribution is 2.30. The summed E-state index contributed by atoms with van der Waals surface area (Å²) >= 11 is 0. The van der Waals surface area contributed by atoms with E-state index in [-0.39, 0.29) is 30.1 Å². The van der Waals surface area contributed by atoms with Crippen LogP contribution >= 0.6 is 0 Å². The molecule has 1 unspecified atom stereocenters. The Kier molecular flexibility index (Phi) is 4.74. The van der Waals surface area contributed by atoms with Crippen molar-refractivity contribution in [2.75, 3.05) is 11.4 Å². The Morgan fingerprint density at radius 2 is 1.79 bits per heavy atom. The number of Topliss-reactive ketones (excluding diaryl/α,β-unsaturated/α-hetero) is 1. The summed E-state index contributed by atoms with van der Waals surface area (Å²) in [7, 11) is 0. The van der Waals surface area contributed by atoms with Crippen LogP contribution in [-0.4, -0.2) is 18.2 Å². The van der Waals surface area contributed by atoms with Crippen LogP contribution in [0.5, 0.6) is 0 Å². The summed E-state index contributed by atoms with van der Waals surface area (Å²) in [5, 5.41) is 0. The standard InChI is InChI=1S/C20H20FNO2/c1-14-12-15-6-2-5-9-18(15)22(13-14)20(24)11-10-19(23)16-7-3-4-8-17(16)21/h2-9,14H,10-13H2,1H3. The molecule has 2 aromatic carbocycles. The summed E-state index contributed by atoms with van der Waals surface area (Å²) in [5.74, 6) is -0.573. The van der Waals surface area contributed by atoms with Gasteiger partial charge in [-0.05, 0) is 36.1 Å². The number of carbonyl (C=O) groups is 2. The van der Waals surface area contributed by atoms with Crippen molar-refractivity contribution in [1.29, 1.82) is 0 Å². The summed E-state index contributed by atoms with van der Waals surface area (Å²) in [6, 6.07) is 13.8. The zero-order valence-electron chi connectivity index (χ0n) is 13.7. The number of carbonyl (C=O) groups excluding carboxylic acids is 2. The van der Waals surface area contributed by atoms with Gasteiger partial charge in [0.15, 0.2) is 5.78 Å². The number of fused-ring (bicyclic) bond motifs is 1. The van der Waals surface area contributed by atoms with Crippen molar-refractivity contribution in [2.24, 2.45) is 5.92 Å². The number of benzene rings is 2. The molecule has 0 fully saturated rings. The van der Waals surface area contributed by atoms with E-state index in [2.05, 4.69) is 6.92 Å². The lowest BCUT2D eigenvalue weighted by Crippen LogP contribution is -2.39. The smallest absolute Gasteiger partial charge is 0.227 e. The normalized spacial score (nSPS) is 16.6. The van der Waals surface area contributed by atoms with Gasteiger partial charge in [0.1, 0.15) is 5.82 Å². The quantitative estimate of drug-likeness (QED) is 0.796. The average Bonchev–Trinajstić information content (AvgIpc) is 2.59. The van der Waals surface area contributed by atoms with Gasteiger partial charge in [0.25, 0.3) is 0 Å². The Hall–Kier alpha value is -2.49. The highest BCUT2D eigenvalue weighted by atomic mass is 19.1. The summed E-state index contributed by atoms with van der Waals surface area (Å²) < 4.78 is 13.7. The largest absolute Gasteiger partial charge is 0.312 e. The number of para-hydroxylation sites is 1. The molecule has 4 heteroatoms. The van der Waals surface area contributed by atoms with E-state index in [9.17, 15) is 14.0 Å². The third kappa shape index (κ3) is 3.37. The van der Waals surface area contributed by atoms with Crippen LogP contribution in [0.3, 0.4) is 0 Å². The number of ketones is 1. The number of hydrogen-bond acceptors (Lipinski definition) is 2. The minimum Gasteiger partial charge on any atom is -0.312 e. The molecular formula is C20H20FNO2. The van der Waals surface area contributed by atoms with Gasteiger partial charge in [-0.15, -0.1) is 0 Å². The molecule has 2 aromatic rings. The summed E-state index contributed by atoms with van der Waals surface area (Å²) in [4.78, 5) is 26.5. The van der Waals surface area contributed by atoms with Crippen LogP contribution in [0.1, 0.15) is 35.7 Å². The van der Waals surface area contributed by atoms with Crippen LogP contribution in [0.2, 0.25) is 0 Å². The second kappa shape index (κ2) is 6.95. The van der Waals surface area contributed by atoms with E-state index in [1.54, 1.807) is 17.0 Å². The molecule has 3 rings (SSSR count). The Morgan fingerprint density at radius 1 is 1.08 bits per heavy atom. The Balaban J connectivity index is 1.70. The van der Waals surface area contributed by atoms with E-state index in [0.717, 1.165) is 17.7 Å². The molecule has 1 aliphatic heterocycles. The maximum absolute atomic E-state index is 13.7. The molecule has 0 bridgehead atoms. The van der Waals surface area contributed by atoms with Gasteiger partial charge < -0.3 is 4.90 Å². The van der Waals surface area contributed by atoms with Crippen molar-refractivity contribution >= 4 is 17.4 Å². The third-order valence-corrected chi connectivity index (χ3v) is 4.39. The zero-order chi connectivity index (χ0) is 17.1. The second-order valence-corrected chi connectivity index (χ2v) is 6.35. The molecule has 1 aliphatic rings. The molecular weight excluding hydrogens is 305 g/mol. The maximum atomic E-state index is 13.7. The van der Waals surface area contributed by atoms with Crippen LogP contribution in [0.15, 0.2) is 48.5 Å². The van der Waals surface area contributed by atoms with Gasteiger partial charge >= 0.3 is 0 Å². The molecule has 0 saturated carbocycles. The number of amides is 1.